The normalized spacial score (nSPS) is 14.7. The molecule has 0 radical (unpaired) electrons. The molecule has 0 bridgehead atoms. The predicted octanol–water partition coefficient (Wildman–Crippen LogP) is 5.34. The van der Waals surface area contributed by atoms with Crippen LogP contribution in [0.25, 0.3) is 11.1 Å². The highest BCUT2D eigenvalue weighted by atomic mass is 35.5. The summed E-state index contributed by atoms with van der Waals surface area (Å²) >= 11 is 11.9. The van der Waals surface area contributed by atoms with Crippen LogP contribution in [0.5, 0.6) is 0 Å². The fourth-order valence-electron chi connectivity index (χ4n) is 4.25. The van der Waals surface area contributed by atoms with Gasteiger partial charge in [-0.3, -0.25) is 19.3 Å². The van der Waals surface area contributed by atoms with Gasteiger partial charge in [0, 0.05) is 6.54 Å². The van der Waals surface area contributed by atoms with Crippen molar-refractivity contribution >= 4 is 41.0 Å². The third-order valence-corrected chi connectivity index (χ3v) is 6.97. The lowest BCUT2D eigenvalue weighted by atomic mass is 9.93. The van der Waals surface area contributed by atoms with Crippen molar-refractivity contribution in [2.75, 3.05) is 6.54 Å². The number of aliphatic hydroxyl groups is 1. The van der Waals surface area contributed by atoms with E-state index in [4.69, 9.17) is 23.2 Å². The quantitative estimate of drug-likeness (QED) is 0.378. The lowest BCUT2D eigenvalue weighted by molar-refractivity contribution is -0.146. The summed E-state index contributed by atoms with van der Waals surface area (Å²) in [6, 6.07) is 20.5. The second kappa shape index (κ2) is 10.6. The average molecular weight is 512 g/mol. The van der Waals surface area contributed by atoms with E-state index >= 15 is 0 Å². The van der Waals surface area contributed by atoms with Gasteiger partial charge in [0.05, 0.1) is 33.2 Å². The van der Waals surface area contributed by atoms with E-state index in [2.05, 4.69) is 0 Å². The lowest BCUT2D eigenvalue weighted by Gasteiger charge is -2.22. The summed E-state index contributed by atoms with van der Waals surface area (Å²) in [7, 11) is 0. The Hall–Kier alpha value is -3.19. The van der Waals surface area contributed by atoms with E-state index < -0.39 is 29.8 Å². The van der Waals surface area contributed by atoms with Crippen LogP contribution in [0.2, 0.25) is 10.0 Å². The number of carbonyl (C=O) groups is 3. The largest absolute Gasteiger partial charge is 0.481 e. The van der Waals surface area contributed by atoms with Gasteiger partial charge in [-0.05, 0) is 48.1 Å². The van der Waals surface area contributed by atoms with Crippen LogP contribution >= 0.6 is 23.2 Å². The predicted molar refractivity (Wildman–Crippen MR) is 134 cm³/mol. The maximum Gasteiger partial charge on any atom is 0.309 e. The molecule has 1 heterocycles. The van der Waals surface area contributed by atoms with Gasteiger partial charge in [-0.2, -0.15) is 0 Å². The molecule has 1 aliphatic heterocycles. The topological polar surface area (TPSA) is 94.9 Å². The second-order valence-electron chi connectivity index (χ2n) is 8.48. The number of aryl methyl sites for hydroxylation is 1. The van der Waals surface area contributed by atoms with E-state index in [1.807, 2.05) is 54.6 Å². The molecule has 0 aromatic heterocycles. The first-order chi connectivity index (χ1) is 16.8. The maximum atomic E-state index is 12.7. The van der Waals surface area contributed by atoms with Crippen LogP contribution in [0.1, 0.15) is 39.1 Å². The molecule has 2 N–H and O–H groups in total. The number of hydrogen-bond donors (Lipinski definition) is 2. The molecule has 2 unspecified atom stereocenters. The number of aliphatic carboxylic acids is 1. The molecular weight excluding hydrogens is 489 g/mol. The summed E-state index contributed by atoms with van der Waals surface area (Å²) in [5.41, 5.74) is 3.41. The highest BCUT2D eigenvalue weighted by Gasteiger charge is 2.37. The third-order valence-electron chi connectivity index (χ3n) is 6.25. The standard InChI is InChI=1S/C27H23Cl2NO5/c28-22-14-20-21(15-23(22)29)26(33)30(25(20)32)13-12-19(27(34)35)24(31)11-8-16-6-9-18(10-7-16)17-4-2-1-3-5-17/h1-7,9-10,14-15,19,24,31H,8,11-13H2,(H,34,35). The summed E-state index contributed by atoms with van der Waals surface area (Å²) in [6.45, 7) is -0.138. The van der Waals surface area contributed by atoms with Gasteiger partial charge in [-0.1, -0.05) is 77.8 Å². The number of amides is 2. The maximum absolute atomic E-state index is 12.7. The Morgan fingerprint density at radius 2 is 1.37 bits per heavy atom. The molecule has 4 rings (SSSR count). The molecule has 35 heavy (non-hydrogen) atoms. The Labute approximate surface area is 212 Å². The number of imide groups is 1. The number of hydrogen-bond acceptors (Lipinski definition) is 4. The highest BCUT2D eigenvalue weighted by molar-refractivity contribution is 6.43. The minimum atomic E-state index is -1.18. The molecule has 6 nitrogen and oxygen atoms in total. The van der Waals surface area contributed by atoms with E-state index in [1.165, 1.54) is 12.1 Å². The number of carboxylic acids is 1. The van der Waals surface area contributed by atoms with Crippen molar-refractivity contribution in [3.8, 4) is 11.1 Å². The summed E-state index contributed by atoms with van der Waals surface area (Å²) < 4.78 is 0. The first-order valence-electron chi connectivity index (χ1n) is 11.2. The monoisotopic (exact) mass is 511 g/mol. The zero-order valence-corrected chi connectivity index (χ0v) is 20.2. The highest BCUT2D eigenvalue weighted by Crippen LogP contribution is 2.32. The Balaban J connectivity index is 1.36. The molecule has 2 amide bonds. The van der Waals surface area contributed by atoms with Gasteiger partial charge in [0.2, 0.25) is 0 Å². The molecule has 0 spiro atoms. The first-order valence-corrected chi connectivity index (χ1v) is 11.9. The van der Waals surface area contributed by atoms with Gasteiger partial charge in [0.25, 0.3) is 11.8 Å². The number of halogens is 2. The molecule has 0 aliphatic carbocycles. The third kappa shape index (κ3) is 5.40. The SMILES string of the molecule is O=C(O)C(CCN1C(=O)c2cc(Cl)c(Cl)cc2C1=O)C(O)CCc1ccc(-c2ccccc2)cc1. The zero-order chi connectivity index (χ0) is 25.1. The Kier molecular flexibility index (Phi) is 7.55. The molecule has 3 aromatic carbocycles. The van der Waals surface area contributed by atoms with Crippen molar-refractivity contribution in [1.29, 1.82) is 0 Å². The second-order valence-corrected chi connectivity index (χ2v) is 9.29. The number of benzene rings is 3. The van der Waals surface area contributed by atoms with Crippen molar-refractivity contribution in [3.63, 3.8) is 0 Å². The van der Waals surface area contributed by atoms with E-state index in [-0.39, 0.29) is 40.6 Å². The van der Waals surface area contributed by atoms with Crippen molar-refractivity contribution < 1.29 is 24.6 Å². The van der Waals surface area contributed by atoms with Gasteiger partial charge in [0.1, 0.15) is 0 Å². The van der Waals surface area contributed by atoms with Gasteiger partial charge in [-0.25, -0.2) is 0 Å². The molecular formula is C27H23Cl2NO5. The molecule has 0 saturated carbocycles. The zero-order valence-electron chi connectivity index (χ0n) is 18.7. The minimum Gasteiger partial charge on any atom is -0.481 e. The summed E-state index contributed by atoms with van der Waals surface area (Å²) in [4.78, 5) is 38.1. The molecule has 8 heteroatoms. The van der Waals surface area contributed by atoms with E-state index in [1.54, 1.807) is 0 Å². The van der Waals surface area contributed by atoms with Gasteiger partial charge < -0.3 is 10.2 Å². The first kappa shape index (κ1) is 24.9. The fourth-order valence-corrected chi connectivity index (χ4v) is 4.57. The lowest BCUT2D eigenvalue weighted by Crippen LogP contribution is -2.36. The Bertz CT molecular complexity index is 1220. The van der Waals surface area contributed by atoms with Crippen LogP contribution in [0, 0.1) is 5.92 Å². The summed E-state index contributed by atoms with van der Waals surface area (Å²) in [5, 5.41) is 20.6. The van der Waals surface area contributed by atoms with Crippen LogP contribution < -0.4 is 0 Å². The Morgan fingerprint density at radius 3 is 1.91 bits per heavy atom. The molecule has 180 valence electrons. The average Bonchev–Trinajstić information content (AvgIpc) is 3.07. The number of carboxylic acid groups (broad SMARTS) is 1. The summed E-state index contributed by atoms with van der Waals surface area (Å²) in [5.74, 6) is -3.42. The number of carbonyl (C=O) groups excluding carboxylic acids is 2. The van der Waals surface area contributed by atoms with E-state index in [0.29, 0.717) is 6.42 Å². The molecule has 0 saturated heterocycles. The van der Waals surface area contributed by atoms with Crippen molar-refractivity contribution in [1.82, 2.24) is 4.90 Å². The van der Waals surface area contributed by atoms with Crippen LogP contribution in [0.15, 0.2) is 66.7 Å². The van der Waals surface area contributed by atoms with Gasteiger partial charge in [-0.15, -0.1) is 0 Å². The van der Waals surface area contributed by atoms with E-state index in [9.17, 15) is 24.6 Å². The van der Waals surface area contributed by atoms with Crippen molar-refractivity contribution in [2.45, 2.75) is 25.4 Å². The van der Waals surface area contributed by atoms with Crippen LogP contribution in [-0.4, -0.2) is 45.5 Å². The number of aliphatic hydroxyl groups excluding tert-OH is 1. The van der Waals surface area contributed by atoms with E-state index in [0.717, 1.165) is 21.6 Å². The van der Waals surface area contributed by atoms with Crippen LogP contribution in [-0.2, 0) is 11.2 Å². The van der Waals surface area contributed by atoms with Crippen LogP contribution in [0.3, 0.4) is 0 Å². The van der Waals surface area contributed by atoms with Crippen molar-refractivity contribution in [2.24, 2.45) is 5.92 Å². The molecule has 1 aliphatic rings. The molecule has 0 fully saturated rings. The number of nitrogens with zero attached hydrogens (tertiary/aromatic N) is 1. The minimum absolute atomic E-state index is 0.0730. The number of fused-ring (bicyclic) bond motifs is 1. The molecule has 2 atom stereocenters. The van der Waals surface area contributed by atoms with Crippen molar-refractivity contribution in [3.05, 3.63) is 93.5 Å². The van der Waals surface area contributed by atoms with Crippen LogP contribution in [0.4, 0.5) is 0 Å². The number of rotatable bonds is 9. The summed E-state index contributed by atoms with van der Waals surface area (Å²) in [6.07, 6.45) is -0.490. The molecule has 3 aromatic rings. The van der Waals surface area contributed by atoms with Gasteiger partial charge in [0.15, 0.2) is 0 Å². The smallest absolute Gasteiger partial charge is 0.309 e. The Morgan fingerprint density at radius 1 is 0.829 bits per heavy atom. The fraction of sp³-hybridized carbons (Fsp3) is 0.222. The van der Waals surface area contributed by atoms with Gasteiger partial charge >= 0.3 is 5.97 Å².